The predicted octanol–water partition coefficient (Wildman–Crippen LogP) is 2.20. The monoisotopic (exact) mass is 287 g/mol. The predicted molar refractivity (Wildman–Crippen MR) is 76.4 cm³/mol. The molecule has 108 valence electrons. The maximum absolute atomic E-state index is 11.3. The van der Waals surface area contributed by atoms with Crippen molar-refractivity contribution in [2.24, 2.45) is 0 Å². The lowest BCUT2D eigenvalue weighted by molar-refractivity contribution is -0.383. The van der Waals surface area contributed by atoms with Gasteiger partial charge in [-0.1, -0.05) is 0 Å². The molecule has 1 aromatic heterocycles. The Bertz CT molecular complexity index is 731. The fourth-order valence-electron chi connectivity index (χ4n) is 2.88. The van der Waals surface area contributed by atoms with E-state index in [0.29, 0.717) is 29.4 Å². The smallest absolute Gasteiger partial charge is 0.326 e. The quantitative estimate of drug-likeness (QED) is 0.686. The Kier molecular flexibility index (Phi) is 3.17. The molecule has 0 radical (unpaired) electrons. The van der Waals surface area contributed by atoms with E-state index in [2.05, 4.69) is 4.98 Å². The van der Waals surface area contributed by atoms with E-state index in [1.54, 1.807) is 23.2 Å². The van der Waals surface area contributed by atoms with Crippen molar-refractivity contribution in [1.82, 2.24) is 4.98 Å². The molecule has 1 unspecified atom stereocenters. The zero-order valence-electron chi connectivity index (χ0n) is 11.1. The molecular formula is C14H13N3O4. The van der Waals surface area contributed by atoms with Crippen LogP contribution < -0.4 is 4.90 Å². The molecule has 1 N–H and O–H groups in total. The minimum Gasteiger partial charge on any atom is -0.480 e. The van der Waals surface area contributed by atoms with Crippen molar-refractivity contribution >= 4 is 28.1 Å². The third-order valence-electron chi connectivity index (χ3n) is 3.82. The van der Waals surface area contributed by atoms with Crippen LogP contribution in [0.5, 0.6) is 0 Å². The Balaban J connectivity index is 2.18. The molecule has 1 fully saturated rings. The van der Waals surface area contributed by atoms with E-state index in [-0.39, 0.29) is 5.69 Å². The summed E-state index contributed by atoms with van der Waals surface area (Å²) in [6.45, 7) is 0.631. The molecule has 2 heterocycles. The molecular weight excluding hydrogens is 274 g/mol. The average molecular weight is 287 g/mol. The zero-order chi connectivity index (χ0) is 15.0. The fraction of sp³-hybridized carbons (Fsp3) is 0.286. The number of anilines is 1. The van der Waals surface area contributed by atoms with E-state index in [0.717, 1.165) is 6.42 Å². The van der Waals surface area contributed by atoms with Gasteiger partial charge in [-0.05, 0) is 25.0 Å². The summed E-state index contributed by atoms with van der Waals surface area (Å²) in [7, 11) is 0. The number of carboxylic acids is 1. The number of aromatic nitrogens is 1. The summed E-state index contributed by atoms with van der Waals surface area (Å²) in [6, 6.07) is 4.15. The molecule has 0 aliphatic carbocycles. The van der Waals surface area contributed by atoms with Gasteiger partial charge < -0.3 is 10.0 Å². The van der Waals surface area contributed by atoms with Crippen LogP contribution in [0.15, 0.2) is 30.6 Å². The first kappa shape index (κ1) is 13.3. The minimum absolute atomic E-state index is 0.0204. The number of hydrogen-bond donors (Lipinski definition) is 1. The highest BCUT2D eigenvalue weighted by atomic mass is 16.6. The van der Waals surface area contributed by atoms with E-state index in [1.165, 1.54) is 12.3 Å². The highest BCUT2D eigenvalue weighted by Crippen LogP contribution is 2.36. The molecule has 7 heteroatoms. The van der Waals surface area contributed by atoms with Crippen LogP contribution in [-0.2, 0) is 4.79 Å². The van der Waals surface area contributed by atoms with Gasteiger partial charge in [0.1, 0.15) is 6.04 Å². The second-order valence-corrected chi connectivity index (χ2v) is 4.97. The van der Waals surface area contributed by atoms with Crippen molar-refractivity contribution in [2.45, 2.75) is 18.9 Å². The van der Waals surface area contributed by atoms with Gasteiger partial charge in [-0.3, -0.25) is 15.1 Å². The second-order valence-electron chi connectivity index (χ2n) is 4.97. The first-order valence-electron chi connectivity index (χ1n) is 6.60. The summed E-state index contributed by atoms with van der Waals surface area (Å²) in [5.74, 6) is -0.868. The fourth-order valence-corrected chi connectivity index (χ4v) is 2.88. The van der Waals surface area contributed by atoms with Gasteiger partial charge in [-0.2, -0.15) is 0 Å². The molecule has 3 rings (SSSR count). The number of nitro groups is 1. The molecule has 0 bridgehead atoms. The molecule has 2 aromatic rings. The SMILES string of the molecule is O=C(O)C1CCCN1c1ccc([N+](=O)[O-])c2cnccc12. The van der Waals surface area contributed by atoms with E-state index in [1.807, 2.05) is 0 Å². The molecule has 0 spiro atoms. The van der Waals surface area contributed by atoms with Crippen molar-refractivity contribution in [2.75, 3.05) is 11.4 Å². The van der Waals surface area contributed by atoms with Gasteiger partial charge in [0.15, 0.2) is 0 Å². The van der Waals surface area contributed by atoms with Crippen LogP contribution in [0.25, 0.3) is 10.8 Å². The van der Waals surface area contributed by atoms with Crippen molar-refractivity contribution in [3.8, 4) is 0 Å². The lowest BCUT2D eigenvalue weighted by Crippen LogP contribution is -2.35. The number of fused-ring (bicyclic) bond motifs is 1. The third kappa shape index (κ3) is 2.16. The van der Waals surface area contributed by atoms with E-state index in [9.17, 15) is 20.0 Å². The first-order chi connectivity index (χ1) is 10.1. The van der Waals surface area contributed by atoms with Crippen molar-refractivity contribution in [1.29, 1.82) is 0 Å². The van der Waals surface area contributed by atoms with Crippen LogP contribution in [-0.4, -0.2) is 33.6 Å². The van der Waals surface area contributed by atoms with Gasteiger partial charge in [-0.15, -0.1) is 0 Å². The van der Waals surface area contributed by atoms with Crippen LogP contribution in [0.3, 0.4) is 0 Å². The number of benzene rings is 1. The number of hydrogen-bond acceptors (Lipinski definition) is 5. The average Bonchev–Trinajstić information content (AvgIpc) is 2.95. The van der Waals surface area contributed by atoms with Crippen molar-refractivity contribution in [3.05, 3.63) is 40.7 Å². The molecule has 7 nitrogen and oxygen atoms in total. The van der Waals surface area contributed by atoms with Crippen LogP contribution in [0.1, 0.15) is 12.8 Å². The van der Waals surface area contributed by atoms with Gasteiger partial charge in [-0.25, -0.2) is 4.79 Å². The number of carbonyl (C=O) groups is 1. The summed E-state index contributed by atoms with van der Waals surface area (Å²) in [5, 5.41) is 21.5. The maximum Gasteiger partial charge on any atom is 0.326 e. The number of nitrogens with zero attached hydrogens (tertiary/aromatic N) is 3. The molecule has 1 saturated heterocycles. The number of pyridine rings is 1. The van der Waals surface area contributed by atoms with Gasteiger partial charge >= 0.3 is 5.97 Å². The molecule has 0 saturated carbocycles. The highest BCUT2D eigenvalue weighted by Gasteiger charge is 2.32. The first-order valence-corrected chi connectivity index (χ1v) is 6.60. The maximum atomic E-state index is 11.3. The van der Waals surface area contributed by atoms with Crippen molar-refractivity contribution in [3.63, 3.8) is 0 Å². The number of carboxylic acid groups (broad SMARTS) is 1. The Morgan fingerprint density at radius 1 is 1.38 bits per heavy atom. The molecule has 0 amide bonds. The van der Waals surface area contributed by atoms with Crippen LogP contribution in [0, 0.1) is 10.1 Å². The summed E-state index contributed by atoms with van der Waals surface area (Å²) in [4.78, 5) is 27.7. The number of non-ortho nitro benzene ring substituents is 1. The van der Waals surface area contributed by atoms with Crippen molar-refractivity contribution < 1.29 is 14.8 Å². The van der Waals surface area contributed by atoms with Gasteiger partial charge in [0, 0.05) is 36.1 Å². The van der Waals surface area contributed by atoms with Gasteiger partial charge in [0.2, 0.25) is 0 Å². The Hall–Kier alpha value is -2.70. The van der Waals surface area contributed by atoms with E-state index < -0.39 is 16.9 Å². The molecule has 1 aliphatic heterocycles. The summed E-state index contributed by atoms with van der Waals surface area (Å²) in [6.07, 6.45) is 4.38. The molecule has 1 aliphatic rings. The second kappa shape index (κ2) is 5.01. The van der Waals surface area contributed by atoms with E-state index in [4.69, 9.17) is 0 Å². The van der Waals surface area contributed by atoms with E-state index >= 15 is 0 Å². The minimum atomic E-state index is -0.868. The van der Waals surface area contributed by atoms with Crippen LogP contribution in [0.2, 0.25) is 0 Å². The van der Waals surface area contributed by atoms with Crippen LogP contribution >= 0.6 is 0 Å². The summed E-state index contributed by atoms with van der Waals surface area (Å²) >= 11 is 0. The lowest BCUT2D eigenvalue weighted by Gasteiger charge is -2.25. The van der Waals surface area contributed by atoms with Crippen LogP contribution in [0.4, 0.5) is 11.4 Å². The Morgan fingerprint density at radius 3 is 2.90 bits per heavy atom. The normalized spacial score (nSPS) is 18.1. The highest BCUT2D eigenvalue weighted by molar-refractivity contribution is 6.00. The molecule has 1 aromatic carbocycles. The number of rotatable bonds is 3. The topological polar surface area (TPSA) is 96.6 Å². The summed E-state index contributed by atoms with van der Waals surface area (Å²) < 4.78 is 0. The Labute approximate surface area is 120 Å². The largest absolute Gasteiger partial charge is 0.480 e. The molecule has 21 heavy (non-hydrogen) atoms. The number of nitro benzene ring substituents is 1. The third-order valence-corrected chi connectivity index (χ3v) is 3.82. The summed E-state index contributed by atoms with van der Waals surface area (Å²) in [5.41, 5.74) is 0.691. The standard InChI is InChI=1S/C14H13N3O4/c18-14(19)13-2-1-7-16(13)11-3-4-12(17(20)21)10-8-15-6-5-9(10)11/h3-6,8,13H,1-2,7H2,(H,18,19). The van der Waals surface area contributed by atoms with Gasteiger partial charge in [0.25, 0.3) is 5.69 Å². The number of aliphatic carboxylic acids is 1. The lowest BCUT2D eigenvalue weighted by atomic mass is 10.1. The zero-order valence-corrected chi connectivity index (χ0v) is 11.1. The molecule has 1 atom stereocenters. The van der Waals surface area contributed by atoms with Gasteiger partial charge in [0.05, 0.1) is 10.3 Å². The Morgan fingerprint density at radius 2 is 2.19 bits per heavy atom.